The number of furan rings is 1. The number of nitrogens with two attached hydrogens (primary N) is 1. The zero-order valence-electron chi connectivity index (χ0n) is 12.6. The second-order valence-corrected chi connectivity index (χ2v) is 7.05. The largest absolute Gasteiger partial charge is 0.480 e. The fraction of sp³-hybridized carbons (Fsp3) is 0.538. The van der Waals surface area contributed by atoms with Crippen molar-refractivity contribution in [1.82, 2.24) is 9.21 Å². The molecule has 0 bridgehead atoms. The van der Waals surface area contributed by atoms with Crippen LogP contribution in [0.2, 0.25) is 0 Å². The van der Waals surface area contributed by atoms with E-state index >= 15 is 0 Å². The lowest BCUT2D eigenvalue weighted by atomic mass is 10.1. The highest BCUT2D eigenvalue weighted by Gasteiger charge is 2.34. The van der Waals surface area contributed by atoms with Crippen molar-refractivity contribution in [2.24, 2.45) is 5.73 Å². The van der Waals surface area contributed by atoms with Gasteiger partial charge in [0.1, 0.15) is 6.04 Å². The van der Waals surface area contributed by atoms with Crippen LogP contribution in [0.15, 0.2) is 21.6 Å². The lowest BCUT2D eigenvalue weighted by molar-refractivity contribution is -0.143. The maximum Gasteiger partial charge on any atom is 0.320 e. The number of carbonyl (C=O) groups is 2. The molecule has 1 aliphatic heterocycles. The Morgan fingerprint density at radius 2 is 1.91 bits per heavy atom. The van der Waals surface area contributed by atoms with Crippen LogP contribution < -0.4 is 5.73 Å². The molecule has 128 valence electrons. The minimum absolute atomic E-state index is 0.152. The fourth-order valence-electron chi connectivity index (χ4n) is 2.56. The van der Waals surface area contributed by atoms with Crippen LogP contribution in [0.1, 0.15) is 23.9 Å². The topological polar surface area (TPSA) is 134 Å². The van der Waals surface area contributed by atoms with Gasteiger partial charge >= 0.3 is 5.97 Å². The number of carboxylic acids is 1. The molecule has 0 aromatic carbocycles. The summed E-state index contributed by atoms with van der Waals surface area (Å²) in [7, 11) is -3.87. The number of carboxylic acid groups (broad SMARTS) is 1. The molecule has 1 aliphatic rings. The van der Waals surface area contributed by atoms with Crippen molar-refractivity contribution in [3.05, 3.63) is 17.9 Å². The lowest BCUT2D eigenvalue weighted by Crippen LogP contribution is -2.53. The number of sulfonamides is 1. The monoisotopic (exact) mass is 345 g/mol. The third-order valence-electron chi connectivity index (χ3n) is 3.80. The quantitative estimate of drug-likeness (QED) is 0.713. The Morgan fingerprint density at radius 3 is 2.35 bits per heavy atom. The van der Waals surface area contributed by atoms with Gasteiger partial charge < -0.3 is 15.3 Å². The molecule has 1 saturated heterocycles. The molecular weight excluding hydrogens is 326 g/mol. The highest BCUT2D eigenvalue weighted by atomic mass is 32.2. The second kappa shape index (κ2) is 6.69. The normalized spacial score (nSPS) is 18.7. The van der Waals surface area contributed by atoms with Crippen molar-refractivity contribution in [2.75, 3.05) is 26.2 Å². The maximum atomic E-state index is 12.4. The molecule has 1 aromatic rings. The van der Waals surface area contributed by atoms with Crippen molar-refractivity contribution in [2.45, 2.75) is 24.5 Å². The SMILES string of the molecule is CCC(C(=O)O)N1CCN(S(=O)(=O)c2ccc(C(N)=O)o2)CC1. The average molecular weight is 345 g/mol. The molecule has 10 heteroatoms. The molecule has 3 N–H and O–H groups in total. The van der Waals surface area contributed by atoms with E-state index in [-0.39, 0.29) is 23.9 Å². The first-order chi connectivity index (χ1) is 10.8. The molecular formula is C13H19N3O6S. The molecule has 1 amide bonds. The van der Waals surface area contributed by atoms with Crippen LogP contribution in [-0.4, -0.2) is 66.8 Å². The van der Waals surface area contributed by atoms with E-state index in [1.165, 1.54) is 16.4 Å². The molecule has 1 aromatic heterocycles. The van der Waals surface area contributed by atoms with E-state index in [9.17, 15) is 18.0 Å². The van der Waals surface area contributed by atoms with E-state index in [0.717, 1.165) is 0 Å². The standard InChI is InChI=1S/C13H19N3O6S/c1-2-9(13(18)19)15-5-7-16(8-6-15)23(20,21)11-4-3-10(22-11)12(14)17/h3-4,9H,2,5-8H2,1H3,(H2,14,17)(H,18,19). The number of carbonyl (C=O) groups excluding carboxylic acids is 1. The smallest absolute Gasteiger partial charge is 0.320 e. The summed E-state index contributed by atoms with van der Waals surface area (Å²) in [5, 5.41) is 8.81. The molecule has 0 radical (unpaired) electrons. The van der Waals surface area contributed by atoms with Gasteiger partial charge in [0, 0.05) is 26.2 Å². The Bertz CT molecular complexity index is 690. The summed E-state index contributed by atoms with van der Waals surface area (Å²) in [5.41, 5.74) is 5.04. The number of rotatable bonds is 6. The van der Waals surface area contributed by atoms with Gasteiger partial charge in [0.05, 0.1) is 0 Å². The molecule has 0 saturated carbocycles. The first-order valence-electron chi connectivity index (χ1n) is 7.14. The van der Waals surface area contributed by atoms with Gasteiger partial charge in [-0.25, -0.2) is 8.42 Å². The van der Waals surface area contributed by atoms with Crippen LogP contribution >= 0.6 is 0 Å². The van der Waals surface area contributed by atoms with E-state index < -0.39 is 27.9 Å². The van der Waals surface area contributed by atoms with Crippen molar-refractivity contribution < 1.29 is 27.5 Å². The average Bonchev–Trinajstić information content (AvgIpc) is 2.99. The van der Waals surface area contributed by atoms with E-state index in [2.05, 4.69) is 0 Å². The Morgan fingerprint density at radius 1 is 1.30 bits per heavy atom. The van der Waals surface area contributed by atoms with Crippen molar-refractivity contribution in [3.63, 3.8) is 0 Å². The van der Waals surface area contributed by atoms with Crippen LogP contribution in [0.5, 0.6) is 0 Å². The number of aliphatic carboxylic acids is 1. The molecule has 0 spiro atoms. The summed E-state index contributed by atoms with van der Waals surface area (Å²) in [6, 6.07) is 1.78. The summed E-state index contributed by atoms with van der Waals surface area (Å²) in [6.07, 6.45) is 0.447. The summed E-state index contributed by atoms with van der Waals surface area (Å²) in [6.45, 7) is 2.70. The number of piperazine rings is 1. The Kier molecular flexibility index (Phi) is 5.07. The van der Waals surface area contributed by atoms with Crippen LogP contribution in [0.3, 0.4) is 0 Å². The number of amides is 1. The molecule has 2 rings (SSSR count). The zero-order valence-corrected chi connectivity index (χ0v) is 13.5. The Balaban J connectivity index is 2.09. The summed E-state index contributed by atoms with van der Waals surface area (Å²) in [4.78, 5) is 23.9. The number of primary amides is 1. The molecule has 1 unspecified atom stereocenters. The van der Waals surface area contributed by atoms with E-state index in [0.29, 0.717) is 19.5 Å². The minimum Gasteiger partial charge on any atom is -0.480 e. The van der Waals surface area contributed by atoms with Crippen LogP contribution in [0, 0.1) is 0 Å². The van der Waals surface area contributed by atoms with Gasteiger partial charge in [0.25, 0.3) is 15.9 Å². The summed E-state index contributed by atoms with van der Waals surface area (Å²) >= 11 is 0. The van der Waals surface area contributed by atoms with E-state index in [1.54, 1.807) is 11.8 Å². The number of hydrogen-bond donors (Lipinski definition) is 2. The first-order valence-corrected chi connectivity index (χ1v) is 8.58. The summed E-state index contributed by atoms with van der Waals surface area (Å²) < 4.78 is 31.1. The predicted molar refractivity (Wildman–Crippen MR) is 79.3 cm³/mol. The lowest BCUT2D eigenvalue weighted by Gasteiger charge is -2.36. The molecule has 1 atom stereocenters. The van der Waals surface area contributed by atoms with Gasteiger partial charge in [-0.1, -0.05) is 6.92 Å². The van der Waals surface area contributed by atoms with E-state index in [1.807, 2.05) is 0 Å². The second-order valence-electron chi connectivity index (χ2n) is 5.19. The summed E-state index contributed by atoms with van der Waals surface area (Å²) in [5.74, 6) is -1.98. The maximum absolute atomic E-state index is 12.4. The number of hydrogen-bond acceptors (Lipinski definition) is 6. The van der Waals surface area contributed by atoms with Gasteiger partial charge in [-0.2, -0.15) is 4.31 Å². The van der Waals surface area contributed by atoms with Crippen LogP contribution in [0.25, 0.3) is 0 Å². The van der Waals surface area contributed by atoms with Crippen LogP contribution in [-0.2, 0) is 14.8 Å². The molecule has 2 heterocycles. The fourth-order valence-corrected chi connectivity index (χ4v) is 3.90. The minimum atomic E-state index is -3.87. The third-order valence-corrected chi connectivity index (χ3v) is 5.58. The van der Waals surface area contributed by atoms with Crippen molar-refractivity contribution >= 4 is 21.9 Å². The predicted octanol–water partition coefficient (Wildman–Crippen LogP) is -0.452. The Hall–Kier alpha value is -1.91. The first kappa shape index (κ1) is 17.4. The number of nitrogens with zero attached hydrogens (tertiary/aromatic N) is 2. The highest BCUT2D eigenvalue weighted by Crippen LogP contribution is 2.21. The van der Waals surface area contributed by atoms with Gasteiger partial charge in [0.15, 0.2) is 5.76 Å². The third kappa shape index (κ3) is 3.54. The Labute approximate surface area is 133 Å². The van der Waals surface area contributed by atoms with Crippen LogP contribution in [0.4, 0.5) is 0 Å². The van der Waals surface area contributed by atoms with Crippen molar-refractivity contribution in [1.29, 1.82) is 0 Å². The van der Waals surface area contributed by atoms with Crippen molar-refractivity contribution in [3.8, 4) is 0 Å². The molecule has 23 heavy (non-hydrogen) atoms. The highest BCUT2D eigenvalue weighted by molar-refractivity contribution is 7.89. The zero-order chi connectivity index (χ0) is 17.2. The van der Waals surface area contributed by atoms with Gasteiger partial charge in [-0.3, -0.25) is 14.5 Å². The van der Waals surface area contributed by atoms with Gasteiger partial charge in [-0.05, 0) is 18.6 Å². The molecule has 0 aliphatic carbocycles. The molecule has 1 fully saturated rings. The van der Waals surface area contributed by atoms with Gasteiger partial charge in [0.2, 0.25) is 5.09 Å². The molecule has 9 nitrogen and oxygen atoms in total. The van der Waals surface area contributed by atoms with Gasteiger partial charge in [-0.15, -0.1) is 0 Å². The van der Waals surface area contributed by atoms with E-state index in [4.69, 9.17) is 15.3 Å².